The molecule has 2 N–H and O–H groups in total. The van der Waals surface area contributed by atoms with Crippen LogP contribution in [0.15, 0.2) is 106 Å². The van der Waals surface area contributed by atoms with E-state index in [0.717, 1.165) is 60.8 Å². The summed E-state index contributed by atoms with van der Waals surface area (Å²) in [5.74, 6) is 3.41. The van der Waals surface area contributed by atoms with Gasteiger partial charge in [0.2, 0.25) is 11.6 Å². The number of aromatic nitrogens is 4. The van der Waals surface area contributed by atoms with Gasteiger partial charge in [0.25, 0.3) is 11.8 Å². The molecule has 0 radical (unpaired) electrons. The first kappa shape index (κ1) is 48.0. The molecule has 348 valence electrons. The van der Waals surface area contributed by atoms with E-state index in [0.29, 0.717) is 60.6 Å². The Morgan fingerprint density at radius 3 is 1.18 bits per heavy atom. The van der Waals surface area contributed by atoms with Crippen molar-refractivity contribution in [2.45, 2.75) is 118 Å². The summed E-state index contributed by atoms with van der Waals surface area (Å²) >= 11 is 0. The lowest BCUT2D eigenvalue weighted by molar-refractivity contribution is -0.152. The molecule has 2 atom stereocenters. The van der Waals surface area contributed by atoms with E-state index in [-0.39, 0.29) is 35.9 Å². The summed E-state index contributed by atoms with van der Waals surface area (Å²) < 4.78 is 21.2. The van der Waals surface area contributed by atoms with Crippen LogP contribution in [-0.4, -0.2) is 57.5 Å². The average molecular weight is 895 g/mol. The molecule has 2 aliphatic rings. The quantitative estimate of drug-likeness (QED) is 0.0789. The minimum absolute atomic E-state index is 0.0378. The molecule has 2 aromatic heterocycles. The molecule has 2 heterocycles. The Kier molecular flexibility index (Phi) is 16.3. The highest BCUT2D eigenvalue weighted by molar-refractivity contribution is 5.74. The smallest absolute Gasteiger partial charge is 0.309 e. The Balaban J connectivity index is 0.000000196. The summed E-state index contributed by atoms with van der Waals surface area (Å²) in [6, 6.07) is 34.2. The highest BCUT2D eigenvalue weighted by Crippen LogP contribution is 2.33. The van der Waals surface area contributed by atoms with Crippen molar-refractivity contribution in [1.82, 2.24) is 30.9 Å². The second kappa shape index (κ2) is 22.5. The van der Waals surface area contributed by atoms with Crippen LogP contribution in [0.1, 0.15) is 115 Å². The summed E-state index contributed by atoms with van der Waals surface area (Å²) in [7, 11) is 0. The molecule has 6 aromatic rings. The van der Waals surface area contributed by atoms with Crippen molar-refractivity contribution in [3.8, 4) is 45.7 Å². The zero-order chi connectivity index (χ0) is 46.7. The van der Waals surface area contributed by atoms with E-state index in [1.807, 2.05) is 62.4 Å². The maximum absolute atomic E-state index is 11.8. The molecular formula is C54H66N6O6. The Labute approximate surface area is 389 Å². The van der Waals surface area contributed by atoms with Gasteiger partial charge in [-0.05, 0) is 125 Å². The molecule has 0 amide bonds. The molecule has 66 heavy (non-hydrogen) atoms. The number of ether oxygens (including phenoxy) is 2. The number of carbonyl (C=O) groups excluding carboxylic acids is 2. The number of hydrogen-bond donors (Lipinski definition) is 2. The average Bonchev–Trinajstić information content (AvgIpc) is 3.98. The largest absolute Gasteiger partial charge is 0.466 e. The summed E-state index contributed by atoms with van der Waals surface area (Å²) in [6.45, 7) is 17.7. The van der Waals surface area contributed by atoms with Crippen LogP contribution in [0.4, 0.5) is 0 Å². The van der Waals surface area contributed by atoms with Crippen molar-refractivity contribution in [2.75, 3.05) is 13.2 Å². The second-order valence-electron chi connectivity index (χ2n) is 18.7. The molecule has 2 aliphatic carbocycles. The topological polar surface area (TPSA) is 154 Å². The molecule has 4 aromatic carbocycles. The fraction of sp³-hybridized carbons (Fsp3) is 0.444. The molecule has 0 aliphatic heterocycles. The van der Waals surface area contributed by atoms with Crippen LogP contribution < -0.4 is 10.6 Å². The SMILES string of the molecule is CCOC(=O)C1CC(N[C@H](C)c2ccc(-c3noc(-c4ccc(CC(C)C)cc4)n3)cc2)C1.CCOC(=O)C1CC(N[C@H](C)c2ccc(-c3noc(-c4ccc(CC(C)C)cc4)n3)cc2)C1. The van der Waals surface area contributed by atoms with Gasteiger partial charge in [0.05, 0.1) is 25.0 Å². The van der Waals surface area contributed by atoms with Crippen LogP contribution in [0.3, 0.4) is 0 Å². The van der Waals surface area contributed by atoms with Gasteiger partial charge in [0.1, 0.15) is 0 Å². The molecule has 0 saturated heterocycles. The van der Waals surface area contributed by atoms with Crippen LogP contribution in [0.5, 0.6) is 0 Å². The van der Waals surface area contributed by atoms with Gasteiger partial charge >= 0.3 is 11.9 Å². The third-order valence-corrected chi connectivity index (χ3v) is 12.4. The Bertz CT molecular complexity index is 2280. The summed E-state index contributed by atoms with van der Waals surface area (Å²) in [6.07, 6.45) is 5.47. The maximum Gasteiger partial charge on any atom is 0.309 e. The monoisotopic (exact) mass is 895 g/mol. The van der Waals surface area contributed by atoms with Crippen LogP contribution in [0.2, 0.25) is 0 Å². The zero-order valence-electron chi connectivity index (χ0n) is 39.8. The van der Waals surface area contributed by atoms with Gasteiger partial charge in [0, 0.05) is 46.4 Å². The van der Waals surface area contributed by atoms with Crippen molar-refractivity contribution in [2.24, 2.45) is 23.7 Å². The lowest BCUT2D eigenvalue weighted by atomic mass is 9.80. The lowest BCUT2D eigenvalue weighted by Crippen LogP contribution is -2.45. The van der Waals surface area contributed by atoms with Gasteiger partial charge < -0.3 is 29.2 Å². The number of benzene rings is 4. The van der Waals surface area contributed by atoms with E-state index in [9.17, 15) is 9.59 Å². The molecule has 0 unspecified atom stereocenters. The van der Waals surface area contributed by atoms with Gasteiger partial charge in [-0.2, -0.15) is 9.97 Å². The molecule has 12 nitrogen and oxygen atoms in total. The number of carbonyl (C=O) groups is 2. The minimum Gasteiger partial charge on any atom is -0.466 e. The van der Waals surface area contributed by atoms with E-state index < -0.39 is 0 Å². The Morgan fingerprint density at radius 2 is 0.864 bits per heavy atom. The van der Waals surface area contributed by atoms with Crippen molar-refractivity contribution in [1.29, 1.82) is 0 Å². The molecule has 0 bridgehead atoms. The van der Waals surface area contributed by atoms with E-state index in [2.05, 4.69) is 121 Å². The minimum atomic E-state index is -0.0708. The molecule has 2 saturated carbocycles. The van der Waals surface area contributed by atoms with Gasteiger partial charge in [-0.3, -0.25) is 9.59 Å². The highest BCUT2D eigenvalue weighted by atomic mass is 16.5. The van der Waals surface area contributed by atoms with E-state index >= 15 is 0 Å². The van der Waals surface area contributed by atoms with E-state index in [1.165, 1.54) is 22.3 Å². The first-order valence-corrected chi connectivity index (χ1v) is 23.8. The molecule has 2 fully saturated rings. The fourth-order valence-electron chi connectivity index (χ4n) is 8.58. The number of rotatable bonds is 18. The normalized spacial score (nSPS) is 18.7. The summed E-state index contributed by atoms with van der Waals surface area (Å²) in [4.78, 5) is 32.7. The van der Waals surface area contributed by atoms with Crippen LogP contribution in [-0.2, 0) is 31.9 Å². The van der Waals surface area contributed by atoms with Gasteiger partial charge in [-0.1, -0.05) is 111 Å². The van der Waals surface area contributed by atoms with Crippen LogP contribution >= 0.6 is 0 Å². The predicted molar refractivity (Wildman–Crippen MR) is 257 cm³/mol. The highest BCUT2D eigenvalue weighted by Gasteiger charge is 2.37. The van der Waals surface area contributed by atoms with Crippen molar-refractivity contribution in [3.63, 3.8) is 0 Å². The van der Waals surface area contributed by atoms with Gasteiger partial charge in [0.15, 0.2) is 0 Å². The maximum atomic E-state index is 11.8. The van der Waals surface area contributed by atoms with Crippen molar-refractivity contribution < 1.29 is 28.1 Å². The summed E-state index contributed by atoms with van der Waals surface area (Å²) in [5, 5.41) is 15.6. The Hall–Kier alpha value is -5.98. The van der Waals surface area contributed by atoms with Crippen LogP contribution in [0, 0.1) is 23.7 Å². The number of nitrogens with zero attached hydrogens (tertiary/aromatic N) is 4. The number of nitrogens with one attached hydrogen (secondary N) is 2. The van der Waals surface area contributed by atoms with Gasteiger partial charge in [-0.15, -0.1) is 0 Å². The Morgan fingerprint density at radius 1 is 0.530 bits per heavy atom. The number of hydrogen-bond acceptors (Lipinski definition) is 12. The zero-order valence-corrected chi connectivity index (χ0v) is 39.8. The summed E-state index contributed by atoms with van der Waals surface area (Å²) in [5.41, 5.74) is 8.68. The second-order valence-corrected chi connectivity index (χ2v) is 18.7. The fourth-order valence-corrected chi connectivity index (χ4v) is 8.58. The molecular weight excluding hydrogens is 829 g/mol. The lowest BCUT2D eigenvalue weighted by Gasteiger charge is -2.36. The van der Waals surface area contributed by atoms with Gasteiger partial charge in [-0.25, -0.2) is 0 Å². The first-order chi connectivity index (χ1) is 31.8. The van der Waals surface area contributed by atoms with E-state index in [4.69, 9.17) is 18.5 Å². The van der Waals surface area contributed by atoms with E-state index in [1.54, 1.807) is 0 Å². The van der Waals surface area contributed by atoms with Crippen molar-refractivity contribution >= 4 is 11.9 Å². The predicted octanol–water partition coefficient (Wildman–Crippen LogP) is 11.2. The van der Waals surface area contributed by atoms with Crippen molar-refractivity contribution in [3.05, 3.63) is 119 Å². The molecule has 0 spiro atoms. The third kappa shape index (κ3) is 12.7. The standard InChI is InChI=1S/2C27H33N3O3/c2*1-5-32-27(31)23-15-24(16-23)28-18(4)20-10-12-21(13-11-20)25-29-26(33-30-25)22-8-6-19(7-9-22)14-17(2)3/h2*6-13,17-18,23-24,28H,5,14-16H2,1-4H3/t2*18-,23?,24?/m11/s1. The third-order valence-electron chi connectivity index (χ3n) is 12.4. The number of esters is 2. The molecule has 8 rings (SSSR count). The first-order valence-electron chi connectivity index (χ1n) is 23.8. The van der Waals surface area contributed by atoms with Crippen LogP contribution in [0.25, 0.3) is 45.7 Å². The molecule has 12 heteroatoms.